The maximum Gasteiger partial charge on any atom is 0.559 e. The van der Waals surface area contributed by atoms with E-state index in [1.54, 1.807) is 12.1 Å². The lowest BCUT2D eigenvalue weighted by atomic mass is 9.79. The second-order valence-electron chi connectivity index (χ2n) is 9.22. The van der Waals surface area contributed by atoms with Crippen molar-refractivity contribution in [2.45, 2.75) is 12.8 Å². The predicted molar refractivity (Wildman–Crippen MR) is 149 cm³/mol. The molecule has 1 aliphatic carbocycles. The van der Waals surface area contributed by atoms with Crippen LogP contribution >= 0.6 is 0 Å². The van der Waals surface area contributed by atoms with Gasteiger partial charge >= 0.3 is 14.2 Å². The first-order chi connectivity index (χ1) is 18.0. The fourth-order valence-electron chi connectivity index (χ4n) is 4.79. The molecule has 0 radical (unpaired) electrons. The maximum atomic E-state index is 10.7. The topological polar surface area (TPSA) is 83.1 Å². The van der Waals surface area contributed by atoms with E-state index >= 15 is 0 Å². The van der Waals surface area contributed by atoms with Crippen LogP contribution in [0, 0.1) is 0 Å². The molecule has 3 N–H and O–H groups in total. The summed E-state index contributed by atoms with van der Waals surface area (Å²) in [5.41, 5.74) is 7.09. The molecule has 0 spiro atoms. The third-order valence-electron chi connectivity index (χ3n) is 6.86. The summed E-state index contributed by atoms with van der Waals surface area (Å²) in [5.74, 6) is 0.740. The molecule has 5 aromatic rings. The van der Waals surface area contributed by atoms with E-state index in [1.165, 1.54) is 5.57 Å². The van der Waals surface area contributed by atoms with Crippen LogP contribution in [0.4, 0.5) is 0 Å². The van der Waals surface area contributed by atoms with Crippen molar-refractivity contribution >= 4 is 52.7 Å². The van der Waals surface area contributed by atoms with Crippen molar-refractivity contribution in [1.82, 2.24) is 0 Å². The van der Waals surface area contributed by atoms with Crippen LogP contribution in [0.2, 0.25) is 0 Å². The molecule has 1 aliphatic rings. The van der Waals surface area contributed by atoms with Gasteiger partial charge in [-0.25, -0.2) is 0 Å². The number of allylic oxidation sites excluding steroid dienone is 4. The van der Waals surface area contributed by atoms with Crippen molar-refractivity contribution in [3.05, 3.63) is 114 Å². The van der Waals surface area contributed by atoms with Crippen LogP contribution in [0.25, 0.3) is 38.6 Å². The lowest BCUT2D eigenvalue weighted by Crippen LogP contribution is -2.33. The summed E-state index contributed by atoms with van der Waals surface area (Å²) >= 11 is 0. The predicted octanol–water partition coefficient (Wildman–Crippen LogP) is 4.40. The van der Waals surface area contributed by atoms with Crippen LogP contribution in [0.5, 0.6) is 0 Å². The highest BCUT2D eigenvalue weighted by Gasteiger charge is 2.22. The third kappa shape index (κ3) is 4.72. The second kappa shape index (κ2) is 9.79. The molecule has 180 valence electrons. The Labute approximate surface area is 215 Å². The Morgan fingerprint density at radius 3 is 1.97 bits per heavy atom. The van der Waals surface area contributed by atoms with Gasteiger partial charge in [-0.2, -0.15) is 0 Å². The Hall–Kier alpha value is -4.03. The molecule has 4 aromatic carbocycles. The molecule has 5 nitrogen and oxygen atoms in total. The van der Waals surface area contributed by atoms with E-state index < -0.39 is 14.2 Å². The summed E-state index contributed by atoms with van der Waals surface area (Å²) < 4.78 is 11.8. The molecule has 0 saturated carbocycles. The molecule has 0 aliphatic heterocycles. The summed E-state index contributed by atoms with van der Waals surface area (Å²) in [6.07, 6.45) is 5.47. The van der Waals surface area contributed by atoms with Gasteiger partial charge in [0.05, 0.1) is 5.76 Å². The quantitative estimate of drug-likeness (QED) is 0.310. The van der Waals surface area contributed by atoms with Gasteiger partial charge in [-0.3, -0.25) is 0 Å². The summed E-state index contributed by atoms with van der Waals surface area (Å²) in [7, 11) is -2.53. The molecular weight excluding hydrogens is 462 g/mol. The highest BCUT2D eigenvalue weighted by atomic mass is 16.5. The number of hydrogen-bond acceptors (Lipinski definition) is 5. The molecule has 1 aromatic heterocycles. The largest absolute Gasteiger partial charge is 0.559 e. The molecule has 0 amide bonds. The first kappa shape index (κ1) is 23.4. The van der Waals surface area contributed by atoms with Gasteiger partial charge in [0.2, 0.25) is 0 Å². The molecule has 37 heavy (non-hydrogen) atoms. The zero-order valence-electron chi connectivity index (χ0n) is 20.0. The molecule has 0 bridgehead atoms. The smallest absolute Gasteiger partial charge is 0.536 e. The molecule has 6 rings (SSSR count). The van der Waals surface area contributed by atoms with Crippen LogP contribution in [0.15, 0.2) is 113 Å². The van der Waals surface area contributed by atoms with Gasteiger partial charge in [-0.1, -0.05) is 84.9 Å². The van der Waals surface area contributed by atoms with Crippen LogP contribution in [0.1, 0.15) is 18.4 Å². The highest BCUT2D eigenvalue weighted by Crippen LogP contribution is 2.30. The first-order valence-corrected chi connectivity index (χ1v) is 12.3. The van der Waals surface area contributed by atoms with Crippen molar-refractivity contribution in [3.63, 3.8) is 0 Å². The van der Waals surface area contributed by atoms with Gasteiger partial charge < -0.3 is 24.1 Å². The van der Waals surface area contributed by atoms with E-state index in [-0.39, 0.29) is 0 Å². The molecule has 0 unspecified atom stereocenters. The fraction of sp³-hybridized carbons (Fsp3) is 0.0667. The van der Waals surface area contributed by atoms with Gasteiger partial charge in [0.25, 0.3) is 0 Å². The van der Waals surface area contributed by atoms with Gasteiger partial charge in [0.15, 0.2) is 0 Å². The van der Waals surface area contributed by atoms with Crippen molar-refractivity contribution in [2.24, 2.45) is 0 Å². The van der Waals surface area contributed by atoms with E-state index in [0.717, 1.165) is 50.8 Å². The van der Waals surface area contributed by atoms with Gasteiger partial charge in [-0.05, 0) is 52.4 Å². The van der Waals surface area contributed by atoms with E-state index in [9.17, 15) is 15.1 Å². The Morgan fingerprint density at radius 2 is 1.27 bits per heavy atom. The fourth-order valence-corrected chi connectivity index (χ4v) is 4.79. The van der Waals surface area contributed by atoms with Crippen molar-refractivity contribution < 1.29 is 24.1 Å². The first-order valence-electron chi connectivity index (χ1n) is 12.3. The average molecular weight is 486 g/mol. The SMILES string of the molecule is OB(O)c1ccc(-c2ccc(C3=CC=C(OB(O)c4ccc5c(c4)oc4ccccc45)CC3)cc2)cc1. The van der Waals surface area contributed by atoms with Gasteiger partial charge in [0, 0.05) is 22.7 Å². The monoisotopic (exact) mass is 486 g/mol. The van der Waals surface area contributed by atoms with Gasteiger partial charge in [0.1, 0.15) is 11.2 Å². The van der Waals surface area contributed by atoms with Crippen LogP contribution in [-0.2, 0) is 4.65 Å². The van der Waals surface area contributed by atoms with Crippen molar-refractivity contribution in [2.75, 3.05) is 0 Å². The third-order valence-corrected chi connectivity index (χ3v) is 6.86. The summed E-state index contributed by atoms with van der Waals surface area (Å²) in [4.78, 5) is 0. The van der Waals surface area contributed by atoms with E-state index in [0.29, 0.717) is 17.3 Å². The van der Waals surface area contributed by atoms with Crippen LogP contribution in [0.3, 0.4) is 0 Å². The maximum absolute atomic E-state index is 10.7. The minimum atomic E-state index is -1.46. The number of furan rings is 1. The lowest BCUT2D eigenvalue weighted by molar-refractivity contribution is 0.338. The Morgan fingerprint density at radius 1 is 0.622 bits per heavy atom. The lowest BCUT2D eigenvalue weighted by Gasteiger charge is -2.18. The van der Waals surface area contributed by atoms with E-state index in [1.807, 2.05) is 66.7 Å². The summed E-state index contributed by atoms with van der Waals surface area (Å²) in [5, 5.41) is 31.3. The number of rotatable bonds is 6. The molecule has 0 fully saturated rings. The van der Waals surface area contributed by atoms with Crippen molar-refractivity contribution in [1.29, 1.82) is 0 Å². The zero-order valence-corrected chi connectivity index (χ0v) is 20.0. The van der Waals surface area contributed by atoms with Crippen LogP contribution in [-0.4, -0.2) is 29.3 Å². The Kier molecular flexibility index (Phi) is 6.18. The molecule has 7 heteroatoms. The summed E-state index contributed by atoms with van der Waals surface area (Å²) in [6.45, 7) is 0. The number of benzene rings is 4. The Balaban J connectivity index is 1.14. The molecule has 0 atom stereocenters. The minimum Gasteiger partial charge on any atom is -0.536 e. The molecular formula is C30H24B2O5. The average Bonchev–Trinajstić information content (AvgIpc) is 3.31. The number of fused-ring (bicyclic) bond motifs is 3. The number of hydrogen-bond donors (Lipinski definition) is 3. The standard InChI is InChI=1S/C30H24B2O5/c33-31(34)24-13-9-22(10-14-24)20-5-7-21(8-6-20)23-11-16-26(17-12-23)37-32(35)25-15-18-28-27-3-1-2-4-29(27)36-30(28)19-25/h1-11,13-16,18-19,33-35H,12,17H2. The summed E-state index contributed by atoms with van der Waals surface area (Å²) in [6, 6.07) is 29.1. The Bertz CT molecular complexity index is 1630. The van der Waals surface area contributed by atoms with Crippen molar-refractivity contribution in [3.8, 4) is 11.1 Å². The zero-order chi connectivity index (χ0) is 25.4. The highest BCUT2D eigenvalue weighted by molar-refractivity contribution is 6.60. The number of para-hydroxylation sites is 1. The van der Waals surface area contributed by atoms with E-state index in [4.69, 9.17) is 9.07 Å². The second-order valence-corrected chi connectivity index (χ2v) is 9.22. The molecule has 0 saturated heterocycles. The van der Waals surface area contributed by atoms with E-state index in [2.05, 4.69) is 24.3 Å². The van der Waals surface area contributed by atoms with Crippen LogP contribution < -0.4 is 10.9 Å². The van der Waals surface area contributed by atoms with Gasteiger partial charge in [-0.15, -0.1) is 0 Å². The molecule has 1 heterocycles. The minimum absolute atomic E-state index is 0.470. The normalized spacial score (nSPS) is 13.4.